The van der Waals surface area contributed by atoms with Gasteiger partial charge in [-0.05, 0) is 92.2 Å². The fourth-order valence-electron chi connectivity index (χ4n) is 4.84. The fraction of sp³-hybridized carbons (Fsp3) is 0.212. The number of hydrogen-bond donors (Lipinski definition) is 1. The Hall–Kier alpha value is -4.21. The highest BCUT2D eigenvalue weighted by Crippen LogP contribution is 2.61. The van der Waals surface area contributed by atoms with Crippen LogP contribution in [0.2, 0.25) is 5.02 Å². The highest BCUT2D eigenvalue weighted by atomic mass is 35.5. The predicted molar refractivity (Wildman–Crippen MR) is 173 cm³/mol. The number of nitrogens with zero attached hydrogens (tertiary/aromatic N) is 2. The largest absolute Gasteiger partial charge is 0.493 e. The van der Waals surface area contributed by atoms with Crippen molar-refractivity contribution in [3.05, 3.63) is 124 Å². The highest BCUT2D eigenvalue weighted by Gasteiger charge is 2.37. The van der Waals surface area contributed by atoms with E-state index in [2.05, 4.69) is 5.32 Å². The van der Waals surface area contributed by atoms with E-state index in [1.165, 1.54) is 35.9 Å². The standard InChI is InChI=1S/C33H32ClFN3O6P/c1-4-43-45(40,44-5-2)32(36-25-15-11-23(34)12-16-25)22-10-19-29(30(20-22)41-3)42-21-31-37-28-9-7-6-8-27(28)33(39)38(31)26-17-13-24(35)14-18-26/h6-20,32,36H,4-5,21H2,1-3H3. The molecule has 1 unspecified atom stereocenters. The highest BCUT2D eigenvalue weighted by molar-refractivity contribution is 7.54. The summed E-state index contributed by atoms with van der Waals surface area (Å²) < 4.78 is 52.4. The van der Waals surface area contributed by atoms with Crippen molar-refractivity contribution in [3.63, 3.8) is 0 Å². The third-order valence-corrected chi connectivity index (χ3v) is 9.42. The van der Waals surface area contributed by atoms with Crippen LogP contribution in [0.4, 0.5) is 10.1 Å². The molecule has 0 bridgehead atoms. The number of nitrogens with one attached hydrogen (secondary N) is 1. The lowest BCUT2D eigenvalue weighted by atomic mass is 10.2. The third-order valence-electron chi connectivity index (χ3n) is 6.87. The zero-order valence-corrected chi connectivity index (χ0v) is 26.6. The Morgan fingerprint density at radius 1 is 0.933 bits per heavy atom. The number of rotatable bonds is 13. The van der Waals surface area contributed by atoms with Crippen LogP contribution in [0.25, 0.3) is 16.6 Å². The summed E-state index contributed by atoms with van der Waals surface area (Å²) in [7, 11) is -2.24. The Morgan fingerprint density at radius 2 is 1.62 bits per heavy atom. The number of hydrogen-bond acceptors (Lipinski definition) is 8. The van der Waals surface area contributed by atoms with Crippen molar-refractivity contribution in [1.82, 2.24) is 9.55 Å². The maximum absolute atomic E-state index is 14.0. The van der Waals surface area contributed by atoms with Crippen LogP contribution in [0, 0.1) is 5.82 Å². The fourth-order valence-corrected chi connectivity index (χ4v) is 6.89. The average Bonchev–Trinajstić information content (AvgIpc) is 3.04. The van der Waals surface area contributed by atoms with Crippen molar-refractivity contribution in [1.29, 1.82) is 0 Å². The quantitative estimate of drug-likeness (QED) is 0.127. The van der Waals surface area contributed by atoms with Crippen LogP contribution < -0.4 is 20.3 Å². The molecule has 0 spiro atoms. The summed E-state index contributed by atoms with van der Waals surface area (Å²) in [5.41, 5.74) is 1.85. The molecule has 0 fully saturated rings. The molecule has 1 aromatic heterocycles. The van der Waals surface area contributed by atoms with Crippen LogP contribution in [0.1, 0.15) is 31.0 Å². The minimum Gasteiger partial charge on any atom is -0.493 e. The van der Waals surface area contributed by atoms with Crippen molar-refractivity contribution in [2.24, 2.45) is 0 Å². The van der Waals surface area contributed by atoms with Gasteiger partial charge in [0.2, 0.25) is 0 Å². The van der Waals surface area contributed by atoms with Gasteiger partial charge in [-0.15, -0.1) is 0 Å². The molecular weight excluding hydrogens is 620 g/mol. The number of methoxy groups -OCH3 is 1. The van der Waals surface area contributed by atoms with Gasteiger partial charge >= 0.3 is 7.60 Å². The molecule has 234 valence electrons. The topological polar surface area (TPSA) is 101 Å². The van der Waals surface area contributed by atoms with E-state index in [9.17, 15) is 13.8 Å². The minimum absolute atomic E-state index is 0.115. The van der Waals surface area contributed by atoms with Crippen molar-refractivity contribution >= 4 is 35.8 Å². The molecule has 4 aromatic carbocycles. The molecule has 1 heterocycles. The summed E-state index contributed by atoms with van der Waals surface area (Å²) in [5, 5.41) is 4.25. The van der Waals surface area contributed by atoms with Crippen LogP contribution in [0.15, 0.2) is 95.8 Å². The number of anilines is 1. The first-order valence-electron chi connectivity index (χ1n) is 14.2. The van der Waals surface area contributed by atoms with Gasteiger partial charge in [0.05, 0.1) is 36.9 Å². The first-order valence-corrected chi connectivity index (χ1v) is 16.2. The number of fused-ring (bicyclic) bond motifs is 1. The Kier molecular flexibility index (Phi) is 10.2. The van der Waals surface area contributed by atoms with Crippen molar-refractivity contribution in [2.75, 3.05) is 25.6 Å². The molecule has 9 nitrogen and oxygen atoms in total. The Bertz CT molecular complexity index is 1880. The molecule has 0 saturated carbocycles. The smallest absolute Gasteiger partial charge is 0.357 e. The normalized spacial score (nSPS) is 12.2. The monoisotopic (exact) mass is 651 g/mol. The minimum atomic E-state index is -3.73. The number of ether oxygens (including phenoxy) is 2. The van der Waals surface area contributed by atoms with Gasteiger partial charge in [0.15, 0.2) is 23.1 Å². The van der Waals surface area contributed by atoms with E-state index in [4.69, 9.17) is 35.1 Å². The summed E-state index contributed by atoms with van der Waals surface area (Å²) >= 11 is 6.07. The second kappa shape index (κ2) is 14.3. The van der Waals surface area contributed by atoms with Gasteiger partial charge in [-0.2, -0.15) is 0 Å². The van der Waals surface area contributed by atoms with Gasteiger partial charge in [0.25, 0.3) is 5.56 Å². The summed E-state index contributed by atoms with van der Waals surface area (Å²) in [5.74, 6) is -0.331. The maximum atomic E-state index is 14.0. The summed E-state index contributed by atoms with van der Waals surface area (Å²) in [6, 6.07) is 24.6. The molecular formula is C33H32ClFN3O6P. The van der Waals surface area contributed by atoms with Gasteiger partial charge in [-0.3, -0.25) is 13.9 Å². The van der Waals surface area contributed by atoms with E-state index in [0.717, 1.165) is 0 Å². The Balaban J connectivity index is 1.51. The molecule has 0 aliphatic carbocycles. The van der Waals surface area contributed by atoms with Crippen LogP contribution in [0.3, 0.4) is 0 Å². The molecule has 12 heteroatoms. The van der Waals surface area contributed by atoms with E-state index in [-0.39, 0.29) is 25.4 Å². The Labute approximate surface area is 265 Å². The summed E-state index contributed by atoms with van der Waals surface area (Å²) in [6.45, 7) is 3.71. The molecule has 1 N–H and O–H groups in total. The van der Waals surface area contributed by atoms with Crippen LogP contribution in [-0.4, -0.2) is 29.9 Å². The molecule has 0 aliphatic heterocycles. The van der Waals surface area contributed by atoms with Crippen LogP contribution in [0.5, 0.6) is 11.5 Å². The summed E-state index contributed by atoms with van der Waals surface area (Å²) in [6.07, 6.45) is 0. The molecule has 0 amide bonds. The molecule has 0 radical (unpaired) electrons. The van der Waals surface area contributed by atoms with Crippen molar-refractivity contribution < 1.29 is 27.5 Å². The first kappa shape index (κ1) is 32.2. The van der Waals surface area contributed by atoms with Gasteiger partial charge < -0.3 is 23.8 Å². The van der Waals surface area contributed by atoms with E-state index >= 15 is 0 Å². The third kappa shape index (κ3) is 7.21. The lowest BCUT2D eigenvalue weighted by Crippen LogP contribution is -2.25. The molecule has 5 aromatic rings. The van der Waals surface area contributed by atoms with Crippen LogP contribution >= 0.6 is 19.2 Å². The molecule has 5 rings (SSSR count). The van der Waals surface area contributed by atoms with Gasteiger partial charge in [-0.1, -0.05) is 29.8 Å². The van der Waals surface area contributed by atoms with Gasteiger partial charge in [0.1, 0.15) is 12.4 Å². The molecule has 45 heavy (non-hydrogen) atoms. The zero-order valence-electron chi connectivity index (χ0n) is 24.9. The van der Waals surface area contributed by atoms with Crippen molar-refractivity contribution in [3.8, 4) is 17.2 Å². The Morgan fingerprint density at radius 3 is 2.29 bits per heavy atom. The lowest BCUT2D eigenvalue weighted by Gasteiger charge is -2.28. The average molecular weight is 652 g/mol. The second-order valence-electron chi connectivity index (χ2n) is 9.79. The predicted octanol–water partition coefficient (Wildman–Crippen LogP) is 8.14. The van der Waals surface area contributed by atoms with Crippen LogP contribution in [-0.2, 0) is 20.2 Å². The summed E-state index contributed by atoms with van der Waals surface area (Å²) in [4.78, 5) is 18.2. The van der Waals surface area contributed by atoms with Gasteiger partial charge in [0, 0.05) is 10.7 Å². The van der Waals surface area contributed by atoms with E-state index in [0.29, 0.717) is 50.2 Å². The molecule has 0 aliphatic rings. The first-order chi connectivity index (χ1) is 21.8. The lowest BCUT2D eigenvalue weighted by molar-refractivity contribution is 0.214. The van der Waals surface area contributed by atoms with E-state index in [1.807, 2.05) is 0 Å². The number of benzene rings is 4. The van der Waals surface area contributed by atoms with E-state index < -0.39 is 19.2 Å². The number of aromatic nitrogens is 2. The maximum Gasteiger partial charge on any atom is 0.357 e. The SMILES string of the molecule is CCOP(=O)(OCC)C(Nc1ccc(Cl)cc1)c1ccc(OCc2nc3ccccc3c(=O)n2-c2ccc(F)cc2)c(OC)c1. The second-order valence-corrected chi connectivity index (χ2v) is 12.3. The van der Waals surface area contributed by atoms with Gasteiger partial charge in [-0.25, -0.2) is 9.37 Å². The number of para-hydroxylation sites is 1. The zero-order chi connectivity index (χ0) is 32.0. The van der Waals surface area contributed by atoms with E-state index in [1.54, 1.807) is 80.6 Å². The molecule has 0 saturated heterocycles. The number of halogens is 2. The molecule has 1 atom stereocenters. The van der Waals surface area contributed by atoms with Crippen molar-refractivity contribution in [2.45, 2.75) is 26.2 Å².